The molecule has 1 aromatic carbocycles. The van der Waals surface area contributed by atoms with E-state index >= 15 is 0 Å². The number of nitrogens with zero attached hydrogens (tertiary/aromatic N) is 4. The quantitative estimate of drug-likeness (QED) is 0.782. The van der Waals surface area contributed by atoms with Crippen LogP contribution in [0.15, 0.2) is 41.2 Å². The van der Waals surface area contributed by atoms with Crippen LogP contribution in [0.5, 0.6) is 0 Å². The second-order valence-corrected chi connectivity index (χ2v) is 6.32. The Kier molecular flexibility index (Phi) is 4.71. The van der Waals surface area contributed by atoms with Crippen LogP contribution in [0.25, 0.3) is 5.95 Å². The summed E-state index contributed by atoms with van der Waals surface area (Å²) in [6, 6.07) is 10.8. The molecule has 0 spiro atoms. The number of hydrogen-bond acceptors (Lipinski definition) is 4. The largest absolute Gasteiger partial charge is 0.324 e. The van der Waals surface area contributed by atoms with Gasteiger partial charge in [-0.15, -0.1) is 0 Å². The van der Waals surface area contributed by atoms with Crippen LogP contribution < -0.4 is 10.9 Å². The zero-order valence-corrected chi connectivity index (χ0v) is 15.3. The molecule has 0 fully saturated rings. The predicted octanol–water partition coefficient (Wildman–Crippen LogP) is 2.30. The third-order valence-corrected chi connectivity index (χ3v) is 4.04. The maximum atomic E-state index is 12.5. The minimum absolute atomic E-state index is 0.145. The van der Waals surface area contributed by atoms with E-state index in [1.165, 1.54) is 10.6 Å². The molecule has 0 aliphatic heterocycles. The summed E-state index contributed by atoms with van der Waals surface area (Å²) in [7, 11) is 0. The van der Waals surface area contributed by atoms with Crippen molar-refractivity contribution in [3.8, 4) is 5.95 Å². The first-order chi connectivity index (χ1) is 12.3. The molecule has 3 rings (SSSR count). The van der Waals surface area contributed by atoms with Gasteiger partial charge in [0.05, 0.1) is 5.69 Å². The van der Waals surface area contributed by atoms with Crippen molar-refractivity contribution in [2.75, 3.05) is 5.32 Å². The van der Waals surface area contributed by atoms with E-state index in [0.717, 1.165) is 22.6 Å². The number of aromatic nitrogens is 4. The molecular formula is C19H21N5O2. The third kappa shape index (κ3) is 3.56. The van der Waals surface area contributed by atoms with Crippen molar-refractivity contribution >= 4 is 11.6 Å². The summed E-state index contributed by atoms with van der Waals surface area (Å²) in [6.07, 6.45) is 0. The highest BCUT2D eigenvalue weighted by molar-refractivity contribution is 5.91. The molecule has 3 aromatic rings. The lowest BCUT2D eigenvalue weighted by Gasteiger charge is -2.14. The summed E-state index contributed by atoms with van der Waals surface area (Å²) in [5.41, 5.74) is 3.61. The van der Waals surface area contributed by atoms with Gasteiger partial charge in [-0.05, 0) is 45.4 Å². The Balaban J connectivity index is 1.97. The highest BCUT2D eigenvalue weighted by Crippen LogP contribution is 2.14. The molecule has 2 heterocycles. The summed E-state index contributed by atoms with van der Waals surface area (Å²) in [5.74, 6) is 0.0374. The molecule has 134 valence electrons. The van der Waals surface area contributed by atoms with Crippen molar-refractivity contribution in [1.82, 2.24) is 19.3 Å². The number of benzene rings is 1. The SMILES string of the molecule is Cc1cc(=O)n(CC(=O)Nc2ccccc2C)c(-n2nc(C)cc2C)n1. The van der Waals surface area contributed by atoms with E-state index in [2.05, 4.69) is 15.4 Å². The Morgan fingerprint density at radius 3 is 2.46 bits per heavy atom. The molecule has 0 unspecified atom stereocenters. The zero-order chi connectivity index (χ0) is 18.8. The first-order valence-corrected chi connectivity index (χ1v) is 8.33. The van der Waals surface area contributed by atoms with Crippen LogP contribution in [-0.2, 0) is 11.3 Å². The number of carbonyl (C=O) groups excluding carboxylic acids is 1. The summed E-state index contributed by atoms with van der Waals surface area (Å²) in [4.78, 5) is 29.5. The number of para-hydroxylation sites is 1. The number of carbonyl (C=O) groups is 1. The number of amides is 1. The molecule has 2 aromatic heterocycles. The second kappa shape index (κ2) is 6.95. The van der Waals surface area contributed by atoms with Crippen LogP contribution in [0, 0.1) is 27.7 Å². The molecule has 0 bridgehead atoms. The standard InChI is InChI=1S/C19H21N5O2/c1-12-7-5-6-8-16(12)21-17(25)11-23-18(26)10-13(2)20-19(23)24-15(4)9-14(3)22-24/h5-10H,11H2,1-4H3,(H,21,25). The fourth-order valence-corrected chi connectivity index (χ4v) is 2.79. The van der Waals surface area contributed by atoms with Gasteiger partial charge in [0.2, 0.25) is 11.9 Å². The lowest BCUT2D eigenvalue weighted by atomic mass is 10.2. The van der Waals surface area contributed by atoms with E-state index in [1.54, 1.807) is 11.6 Å². The minimum Gasteiger partial charge on any atom is -0.324 e. The second-order valence-electron chi connectivity index (χ2n) is 6.32. The molecular weight excluding hydrogens is 330 g/mol. The van der Waals surface area contributed by atoms with E-state index < -0.39 is 0 Å². The van der Waals surface area contributed by atoms with Crippen molar-refractivity contribution in [2.24, 2.45) is 0 Å². The number of aryl methyl sites for hydroxylation is 4. The van der Waals surface area contributed by atoms with Crippen molar-refractivity contribution in [2.45, 2.75) is 34.2 Å². The highest BCUT2D eigenvalue weighted by atomic mass is 16.2. The van der Waals surface area contributed by atoms with Gasteiger partial charge < -0.3 is 5.32 Å². The van der Waals surface area contributed by atoms with Gasteiger partial charge in [-0.2, -0.15) is 5.10 Å². The molecule has 0 radical (unpaired) electrons. The van der Waals surface area contributed by atoms with E-state index in [-0.39, 0.29) is 18.0 Å². The van der Waals surface area contributed by atoms with Gasteiger partial charge in [-0.25, -0.2) is 9.67 Å². The van der Waals surface area contributed by atoms with Crippen LogP contribution in [0.4, 0.5) is 5.69 Å². The van der Waals surface area contributed by atoms with Gasteiger partial charge in [-0.1, -0.05) is 18.2 Å². The maximum absolute atomic E-state index is 12.5. The van der Waals surface area contributed by atoms with Gasteiger partial charge in [-0.3, -0.25) is 14.2 Å². The number of hydrogen-bond donors (Lipinski definition) is 1. The van der Waals surface area contributed by atoms with E-state index in [0.29, 0.717) is 11.6 Å². The van der Waals surface area contributed by atoms with Crippen LogP contribution in [-0.4, -0.2) is 25.2 Å². The average Bonchev–Trinajstić information content (AvgIpc) is 2.90. The van der Waals surface area contributed by atoms with Gasteiger partial charge in [0.25, 0.3) is 5.56 Å². The van der Waals surface area contributed by atoms with Gasteiger partial charge >= 0.3 is 0 Å². The first kappa shape index (κ1) is 17.6. The van der Waals surface area contributed by atoms with Crippen molar-refractivity contribution in [3.05, 3.63) is 69.4 Å². The molecule has 1 amide bonds. The average molecular weight is 351 g/mol. The van der Waals surface area contributed by atoms with Crippen molar-refractivity contribution < 1.29 is 4.79 Å². The van der Waals surface area contributed by atoms with Gasteiger partial charge in [0.15, 0.2) is 0 Å². The number of rotatable bonds is 4. The molecule has 0 atom stereocenters. The molecule has 0 aliphatic carbocycles. The number of nitrogens with one attached hydrogen (secondary N) is 1. The van der Waals surface area contributed by atoms with Crippen molar-refractivity contribution in [1.29, 1.82) is 0 Å². The van der Waals surface area contributed by atoms with Crippen LogP contribution >= 0.6 is 0 Å². The van der Waals surface area contributed by atoms with Crippen molar-refractivity contribution in [3.63, 3.8) is 0 Å². The maximum Gasteiger partial charge on any atom is 0.255 e. The predicted molar refractivity (Wildman–Crippen MR) is 99.6 cm³/mol. The normalized spacial score (nSPS) is 10.8. The molecule has 0 saturated heterocycles. The third-order valence-electron chi connectivity index (χ3n) is 4.04. The molecule has 1 N–H and O–H groups in total. The Hall–Kier alpha value is -3.22. The van der Waals surface area contributed by atoms with E-state index in [1.807, 2.05) is 51.1 Å². The summed E-state index contributed by atoms with van der Waals surface area (Å²) in [6.45, 7) is 7.26. The Labute approximate surface area is 151 Å². The topological polar surface area (TPSA) is 81.8 Å². The van der Waals surface area contributed by atoms with Gasteiger partial charge in [0.1, 0.15) is 6.54 Å². The molecule has 0 aliphatic rings. The zero-order valence-electron chi connectivity index (χ0n) is 15.3. The fourth-order valence-electron chi connectivity index (χ4n) is 2.79. The van der Waals surface area contributed by atoms with Crippen LogP contribution in [0.1, 0.15) is 22.6 Å². The summed E-state index contributed by atoms with van der Waals surface area (Å²) < 4.78 is 2.92. The monoisotopic (exact) mass is 351 g/mol. The lowest BCUT2D eigenvalue weighted by molar-refractivity contribution is -0.116. The van der Waals surface area contributed by atoms with Crippen LogP contribution in [0.3, 0.4) is 0 Å². The molecule has 7 nitrogen and oxygen atoms in total. The summed E-state index contributed by atoms with van der Waals surface area (Å²) in [5, 5.41) is 7.23. The molecule has 26 heavy (non-hydrogen) atoms. The van der Waals surface area contributed by atoms with E-state index in [9.17, 15) is 9.59 Å². The van der Waals surface area contributed by atoms with Gasteiger partial charge in [0, 0.05) is 23.1 Å². The fraction of sp³-hybridized carbons (Fsp3) is 0.263. The first-order valence-electron chi connectivity index (χ1n) is 8.33. The minimum atomic E-state index is -0.296. The Morgan fingerprint density at radius 2 is 1.81 bits per heavy atom. The smallest absolute Gasteiger partial charge is 0.255 e. The molecule has 7 heteroatoms. The Morgan fingerprint density at radius 1 is 1.08 bits per heavy atom. The molecule has 0 saturated carbocycles. The number of anilines is 1. The van der Waals surface area contributed by atoms with Crippen LogP contribution in [0.2, 0.25) is 0 Å². The summed E-state index contributed by atoms with van der Waals surface area (Å²) >= 11 is 0. The Bertz CT molecular complexity index is 1030. The van der Waals surface area contributed by atoms with E-state index in [4.69, 9.17) is 0 Å². The highest BCUT2D eigenvalue weighted by Gasteiger charge is 2.16. The lowest BCUT2D eigenvalue weighted by Crippen LogP contribution is -2.32.